The van der Waals surface area contributed by atoms with Crippen molar-refractivity contribution in [2.24, 2.45) is 7.05 Å². The molecule has 0 atom stereocenters. The number of imidazole rings is 1. The topological polar surface area (TPSA) is 98.7 Å². The maximum atomic E-state index is 12.7. The molecule has 0 amide bonds. The van der Waals surface area contributed by atoms with Crippen molar-refractivity contribution in [3.8, 4) is 0 Å². The molecule has 0 unspecified atom stereocenters. The zero-order valence-corrected chi connectivity index (χ0v) is 11.0. The summed E-state index contributed by atoms with van der Waals surface area (Å²) in [5.41, 5.74) is -1.77. The van der Waals surface area contributed by atoms with Crippen LogP contribution in [0.3, 0.4) is 0 Å². The molecule has 0 spiro atoms. The summed E-state index contributed by atoms with van der Waals surface area (Å²) in [5, 5.41) is 0. The minimum atomic E-state index is -4.69. The van der Waals surface area contributed by atoms with Gasteiger partial charge in [-0.05, 0) is 0 Å². The van der Waals surface area contributed by atoms with Crippen LogP contribution in [0.4, 0.5) is 13.2 Å². The zero-order valence-electron chi connectivity index (χ0n) is 11.0. The molecule has 8 nitrogen and oxygen atoms in total. The van der Waals surface area contributed by atoms with Crippen LogP contribution in [0.1, 0.15) is 11.5 Å². The van der Waals surface area contributed by atoms with Crippen LogP contribution in [0.25, 0.3) is 11.2 Å². The fourth-order valence-corrected chi connectivity index (χ4v) is 2.03. The number of alkyl halides is 3. The molecule has 0 aliphatic carbocycles. The second-order valence-electron chi connectivity index (χ2n) is 4.49. The van der Waals surface area contributed by atoms with E-state index in [9.17, 15) is 22.8 Å². The van der Waals surface area contributed by atoms with E-state index in [1.54, 1.807) is 0 Å². The molecule has 22 heavy (non-hydrogen) atoms. The third-order valence-electron chi connectivity index (χ3n) is 3.09. The van der Waals surface area contributed by atoms with E-state index < -0.39 is 23.2 Å². The minimum Gasteiger partial charge on any atom is -0.439 e. The molecule has 3 aromatic heterocycles. The van der Waals surface area contributed by atoms with Gasteiger partial charge in [-0.15, -0.1) is 0 Å². The molecule has 3 heterocycles. The van der Waals surface area contributed by atoms with Crippen molar-refractivity contribution in [3.05, 3.63) is 45.0 Å². The predicted octanol–water partition coefficient (Wildman–Crippen LogP) is 0.478. The van der Waals surface area contributed by atoms with Gasteiger partial charge in [-0.1, -0.05) is 0 Å². The molecule has 3 rings (SSSR count). The highest BCUT2D eigenvalue weighted by atomic mass is 19.4. The molecule has 0 saturated carbocycles. The normalized spacial score (nSPS) is 12.2. The van der Waals surface area contributed by atoms with Gasteiger partial charge in [-0.2, -0.15) is 13.2 Å². The van der Waals surface area contributed by atoms with E-state index in [1.165, 1.54) is 11.6 Å². The third-order valence-corrected chi connectivity index (χ3v) is 3.09. The van der Waals surface area contributed by atoms with E-state index >= 15 is 0 Å². The van der Waals surface area contributed by atoms with E-state index in [2.05, 4.69) is 19.4 Å². The summed E-state index contributed by atoms with van der Waals surface area (Å²) in [6.07, 6.45) is -2.87. The molecule has 116 valence electrons. The van der Waals surface area contributed by atoms with Crippen LogP contribution in [-0.2, 0) is 19.8 Å². The number of aromatic nitrogens is 5. The summed E-state index contributed by atoms with van der Waals surface area (Å²) in [5.74, 6) is -1.24. The van der Waals surface area contributed by atoms with Crippen molar-refractivity contribution in [1.29, 1.82) is 0 Å². The zero-order chi connectivity index (χ0) is 16.1. The van der Waals surface area contributed by atoms with Crippen LogP contribution in [0.15, 0.2) is 26.7 Å². The van der Waals surface area contributed by atoms with Crippen LogP contribution >= 0.6 is 0 Å². The molecule has 0 aliphatic rings. The Hall–Kier alpha value is -2.85. The van der Waals surface area contributed by atoms with E-state index in [1.807, 2.05) is 0 Å². The summed E-state index contributed by atoms with van der Waals surface area (Å²) in [6.45, 7) is -0.372. The summed E-state index contributed by atoms with van der Waals surface area (Å²) in [6, 6.07) is 0. The minimum absolute atomic E-state index is 0.00912. The van der Waals surface area contributed by atoms with E-state index in [-0.39, 0.29) is 23.4 Å². The van der Waals surface area contributed by atoms with Crippen LogP contribution in [0, 0.1) is 0 Å². The Balaban J connectivity index is 2.14. The number of aromatic amines is 1. The van der Waals surface area contributed by atoms with Gasteiger partial charge in [-0.3, -0.25) is 14.3 Å². The molecule has 0 bridgehead atoms. The van der Waals surface area contributed by atoms with Gasteiger partial charge in [-0.25, -0.2) is 14.8 Å². The lowest BCUT2D eigenvalue weighted by molar-refractivity contribution is -0.153. The maximum Gasteiger partial charge on any atom is 0.451 e. The largest absolute Gasteiger partial charge is 0.451 e. The van der Waals surface area contributed by atoms with Crippen molar-refractivity contribution in [2.45, 2.75) is 12.7 Å². The van der Waals surface area contributed by atoms with E-state index in [0.717, 1.165) is 10.9 Å². The van der Waals surface area contributed by atoms with Gasteiger partial charge < -0.3 is 8.98 Å². The van der Waals surface area contributed by atoms with E-state index in [4.69, 9.17) is 0 Å². The van der Waals surface area contributed by atoms with Crippen molar-refractivity contribution >= 4 is 11.2 Å². The van der Waals surface area contributed by atoms with Gasteiger partial charge >= 0.3 is 11.9 Å². The fourth-order valence-electron chi connectivity index (χ4n) is 2.03. The Morgan fingerprint density at radius 1 is 1.32 bits per heavy atom. The lowest BCUT2D eigenvalue weighted by atomic mass is 10.3. The number of fused-ring (bicyclic) bond motifs is 1. The number of rotatable bonds is 2. The van der Waals surface area contributed by atoms with Crippen molar-refractivity contribution in [3.63, 3.8) is 0 Å². The number of hydrogen-bond acceptors (Lipinski definition) is 5. The third kappa shape index (κ3) is 2.10. The summed E-state index contributed by atoms with van der Waals surface area (Å²) in [4.78, 5) is 33.2. The number of nitrogens with one attached hydrogen (secondary N) is 1. The molecule has 0 fully saturated rings. The number of oxazole rings is 1. The molecule has 3 aromatic rings. The molecule has 0 aromatic carbocycles. The molecule has 0 aliphatic heterocycles. The number of nitrogens with zero attached hydrogens (tertiary/aromatic N) is 4. The lowest BCUT2D eigenvalue weighted by Crippen LogP contribution is -2.33. The van der Waals surface area contributed by atoms with Gasteiger partial charge in [0.25, 0.3) is 5.56 Å². The first-order valence-corrected chi connectivity index (χ1v) is 5.92. The first kappa shape index (κ1) is 14.1. The second-order valence-corrected chi connectivity index (χ2v) is 4.49. The number of halogens is 3. The molecule has 0 saturated heterocycles. The van der Waals surface area contributed by atoms with Crippen molar-refractivity contribution in [2.75, 3.05) is 0 Å². The Kier molecular flexibility index (Phi) is 2.93. The SMILES string of the molecule is Cn1c(=O)[nH]c2ncn(Cc3ncoc3C(F)(F)F)c2c1=O. The highest BCUT2D eigenvalue weighted by Crippen LogP contribution is 2.31. The quantitative estimate of drug-likeness (QED) is 0.741. The summed E-state index contributed by atoms with van der Waals surface area (Å²) >= 11 is 0. The van der Waals surface area contributed by atoms with Crippen molar-refractivity contribution < 1.29 is 17.6 Å². The predicted molar refractivity (Wildman–Crippen MR) is 66.2 cm³/mol. The Bertz CT molecular complexity index is 962. The van der Waals surface area contributed by atoms with Gasteiger partial charge in [0.1, 0.15) is 5.69 Å². The van der Waals surface area contributed by atoms with Crippen LogP contribution in [0.2, 0.25) is 0 Å². The Morgan fingerprint density at radius 3 is 2.73 bits per heavy atom. The maximum absolute atomic E-state index is 12.7. The molecule has 11 heteroatoms. The fraction of sp³-hybridized carbons (Fsp3) is 0.273. The highest BCUT2D eigenvalue weighted by molar-refractivity contribution is 5.69. The van der Waals surface area contributed by atoms with E-state index in [0.29, 0.717) is 6.39 Å². The standard InChI is InChI=1S/C11H8F3N5O3/c1-18-9(20)6-8(17-10(18)21)15-3-19(6)2-5-7(11(12,13)14)22-4-16-5/h3-4H,2H2,1H3,(H,17,21). The number of H-pyrrole nitrogens is 1. The summed E-state index contributed by atoms with van der Waals surface area (Å²) < 4.78 is 44.6. The first-order chi connectivity index (χ1) is 10.3. The first-order valence-electron chi connectivity index (χ1n) is 5.92. The Labute approximate surface area is 118 Å². The average molecular weight is 315 g/mol. The average Bonchev–Trinajstić information content (AvgIpc) is 3.03. The Morgan fingerprint density at radius 2 is 2.05 bits per heavy atom. The summed E-state index contributed by atoms with van der Waals surface area (Å²) in [7, 11) is 1.25. The van der Waals surface area contributed by atoms with Crippen LogP contribution in [-0.4, -0.2) is 24.1 Å². The molecular weight excluding hydrogens is 307 g/mol. The molecule has 0 radical (unpaired) electrons. The lowest BCUT2D eigenvalue weighted by Gasteiger charge is -2.06. The number of hydrogen-bond donors (Lipinski definition) is 1. The van der Waals surface area contributed by atoms with Gasteiger partial charge in [0.05, 0.1) is 12.9 Å². The molecule has 1 N–H and O–H groups in total. The highest BCUT2D eigenvalue weighted by Gasteiger charge is 2.38. The van der Waals surface area contributed by atoms with Gasteiger partial charge in [0, 0.05) is 7.05 Å². The second kappa shape index (κ2) is 4.58. The molecular formula is C11H8F3N5O3. The smallest absolute Gasteiger partial charge is 0.439 e. The van der Waals surface area contributed by atoms with Crippen LogP contribution in [0.5, 0.6) is 0 Å². The van der Waals surface area contributed by atoms with Gasteiger partial charge in [0.15, 0.2) is 17.6 Å². The van der Waals surface area contributed by atoms with Crippen molar-refractivity contribution in [1.82, 2.24) is 24.1 Å². The van der Waals surface area contributed by atoms with Gasteiger partial charge in [0.2, 0.25) is 5.76 Å². The van der Waals surface area contributed by atoms with Crippen LogP contribution < -0.4 is 11.2 Å². The monoisotopic (exact) mass is 315 g/mol.